The molecule has 0 heterocycles. The quantitative estimate of drug-likeness (QED) is 0.603. The van der Waals surface area contributed by atoms with Gasteiger partial charge in [0.2, 0.25) is 0 Å². The zero-order chi connectivity index (χ0) is 9.68. The summed E-state index contributed by atoms with van der Waals surface area (Å²) in [6.07, 6.45) is 2.98. The Balaban J connectivity index is 3.12. The van der Waals surface area contributed by atoms with Crippen molar-refractivity contribution in [2.24, 2.45) is 0 Å². The highest BCUT2D eigenvalue weighted by molar-refractivity contribution is 5.69. The Labute approximate surface area is 80.6 Å². The van der Waals surface area contributed by atoms with Crippen molar-refractivity contribution in [3.63, 3.8) is 0 Å². The Morgan fingerprint density at radius 3 is 2.38 bits per heavy atom. The molecule has 0 radical (unpaired) electrons. The average molecular weight is 172 g/mol. The monoisotopic (exact) mass is 172 g/mol. The smallest absolute Gasteiger partial charge is 0.0222 e. The van der Waals surface area contributed by atoms with Crippen LogP contribution in [0.5, 0.6) is 0 Å². The van der Waals surface area contributed by atoms with Crippen LogP contribution in [-0.2, 0) is 0 Å². The van der Waals surface area contributed by atoms with Crippen molar-refractivity contribution in [3.8, 4) is 0 Å². The van der Waals surface area contributed by atoms with Crippen LogP contribution in [0, 0.1) is 0 Å². The molecule has 0 fully saturated rings. The van der Waals surface area contributed by atoms with E-state index >= 15 is 0 Å². The van der Waals surface area contributed by atoms with E-state index in [1.165, 1.54) is 16.7 Å². The second kappa shape index (κ2) is 4.66. The van der Waals surface area contributed by atoms with Crippen molar-refractivity contribution < 1.29 is 0 Å². The Kier molecular flexibility index (Phi) is 3.51. The fourth-order valence-electron chi connectivity index (χ4n) is 1.47. The van der Waals surface area contributed by atoms with Gasteiger partial charge < -0.3 is 0 Å². The van der Waals surface area contributed by atoms with Crippen molar-refractivity contribution in [2.45, 2.75) is 20.3 Å². The van der Waals surface area contributed by atoms with Gasteiger partial charge in [0, 0.05) is 0 Å². The van der Waals surface area contributed by atoms with Gasteiger partial charge in [0.1, 0.15) is 0 Å². The minimum Gasteiger partial charge on any atom is -0.0988 e. The van der Waals surface area contributed by atoms with Gasteiger partial charge in [0.05, 0.1) is 0 Å². The molecule has 0 aliphatic rings. The molecule has 0 aliphatic heterocycles. The van der Waals surface area contributed by atoms with Gasteiger partial charge in [-0.05, 0) is 30.1 Å². The van der Waals surface area contributed by atoms with Crippen molar-refractivity contribution >= 4 is 5.57 Å². The van der Waals surface area contributed by atoms with E-state index in [9.17, 15) is 0 Å². The van der Waals surface area contributed by atoms with Gasteiger partial charge in [-0.2, -0.15) is 0 Å². The molecule has 0 atom stereocenters. The maximum Gasteiger partial charge on any atom is -0.0222 e. The van der Waals surface area contributed by atoms with Gasteiger partial charge in [0.15, 0.2) is 0 Å². The van der Waals surface area contributed by atoms with Crippen LogP contribution in [0.1, 0.15) is 25.8 Å². The predicted molar refractivity (Wildman–Crippen MR) is 59.5 cm³/mol. The molecule has 0 aliphatic carbocycles. The summed E-state index contributed by atoms with van der Waals surface area (Å²) < 4.78 is 0. The molecule has 0 N–H and O–H groups in total. The first kappa shape index (κ1) is 9.79. The number of hydrogen-bond acceptors (Lipinski definition) is 0. The maximum absolute atomic E-state index is 3.80. The summed E-state index contributed by atoms with van der Waals surface area (Å²) in [7, 11) is 0. The summed E-state index contributed by atoms with van der Waals surface area (Å²) >= 11 is 0. The summed E-state index contributed by atoms with van der Waals surface area (Å²) in [6, 6.07) is 10.5. The molecular weight excluding hydrogens is 156 g/mol. The molecule has 0 bridgehead atoms. The molecule has 68 valence electrons. The van der Waals surface area contributed by atoms with Crippen LogP contribution >= 0.6 is 0 Å². The van der Waals surface area contributed by atoms with Crippen molar-refractivity contribution in [1.29, 1.82) is 0 Å². The van der Waals surface area contributed by atoms with E-state index < -0.39 is 0 Å². The minimum absolute atomic E-state index is 1.06. The molecule has 1 aromatic rings. The van der Waals surface area contributed by atoms with E-state index in [2.05, 4.69) is 44.7 Å². The maximum atomic E-state index is 3.80. The number of allylic oxidation sites excluding steroid dienone is 3. The largest absolute Gasteiger partial charge is 0.0988 e. The normalized spacial score (nSPS) is 12.2. The van der Waals surface area contributed by atoms with E-state index in [0.29, 0.717) is 0 Å². The third-order valence-electron chi connectivity index (χ3n) is 2.26. The summed E-state index contributed by atoms with van der Waals surface area (Å²) in [5.74, 6) is 0. The van der Waals surface area contributed by atoms with E-state index in [1.807, 2.05) is 12.1 Å². The van der Waals surface area contributed by atoms with Gasteiger partial charge in [-0.25, -0.2) is 0 Å². The highest BCUT2D eigenvalue weighted by atomic mass is 14.0. The SMILES string of the molecule is C=C/C(C)=C(/CC)c1ccccc1. The Morgan fingerprint density at radius 1 is 1.31 bits per heavy atom. The molecule has 0 spiro atoms. The van der Waals surface area contributed by atoms with Crippen molar-refractivity contribution in [3.05, 3.63) is 54.1 Å². The Hall–Kier alpha value is -1.30. The lowest BCUT2D eigenvalue weighted by atomic mass is 9.99. The second-order valence-corrected chi connectivity index (χ2v) is 3.09. The molecule has 0 amide bonds. The lowest BCUT2D eigenvalue weighted by Crippen LogP contribution is -1.85. The molecule has 0 unspecified atom stereocenters. The lowest BCUT2D eigenvalue weighted by Gasteiger charge is -2.07. The van der Waals surface area contributed by atoms with Gasteiger partial charge in [-0.1, -0.05) is 49.9 Å². The molecule has 0 saturated heterocycles. The zero-order valence-corrected chi connectivity index (χ0v) is 8.38. The minimum atomic E-state index is 1.06. The van der Waals surface area contributed by atoms with Crippen LogP contribution in [0.15, 0.2) is 48.6 Å². The fraction of sp³-hybridized carbons (Fsp3) is 0.231. The lowest BCUT2D eigenvalue weighted by molar-refractivity contribution is 1.21. The zero-order valence-electron chi connectivity index (χ0n) is 8.38. The molecule has 0 saturated carbocycles. The number of benzene rings is 1. The van der Waals surface area contributed by atoms with Crippen LogP contribution in [-0.4, -0.2) is 0 Å². The summed E-state index contributed by atoms with van der Waals surface area (Å²) in [5.41, 5.74) is 3.96. The fourth-order valence-corrected chi connectivity index (χ4v) is 1.47. The molecular formula is C13H16. The second-order valence-electron chi connectivity index (χ2n) is 3.09. The Morgan fingerprint density at radius 2 is 1.92 bits per heavy atom. The van der Waals surface area contributed by atoms with Crippen LogP contribution < -0.4 is 0 Å². The number of hydrogen-bond donors (Lipinski definition) is 0. The van der Waals surface area contributed by atoms with Crippen molar-refractivity contribution in [2.75, 3.05) is 0 Å². The van der Waals surface area contributed by atoms with Crippen LogP contribution in [0.2, 0.25) is 0 Å². The first-order valence-electron chi connectivity index (χ1n) is 4.67. The Bertz CT molecular complexity index is 304. The third-order valence-corrected chi connectivity index (χ3v) is 2.26. The topological polar surface area (TPSA) is 0 Å². The van der Waals surface area contributed by atoms with Gasteiger partial charge in [0.25, 0.3) is 0 Å². The average Bonchev–Trinajstić information content (AvgIpc) is 2.20. The summed E-state index contributed by atoms with van der Waals surface area (Å²) in [5, 5.41) is 0. The van der Waals surface area contributed by atoms with Crippen LogP contribution in [0.25, 0.3) is 5.57 Å². The molecule has 13 heavy (non-hydrogen) atoms. The van der Waals surface area contributed by atoms with Crippen LogP contribution in [0.4, 0.5) is 0 Å². The van der Waals surface area contributed by atoms with Crippen molar-refractivity contribution in [1.82, 2.24) is 0 Å². The summed E-state index contributed by atoms with van der Waals surface area (Å²) in [6.45, 7) is 8.08. The molecule has 0 aromatic heterocycles. The first-order valence-corrected chi connectivity index (χ1v) is 4.67. The molecule has 1 rings (SSSR count). The molecule has 1 aromatic carbocycles. The van der Waals surface area contributed by atoms with E-state index in [1.54, 1.807) is 0 Å². The summed E-state index contributed by atoms with van der Waals surface area (Å²) in [4.78, 5) is 0. The van der Waals surface area contributed by atoms with Gasteiger partial charge in [-0.15, -0.1) is 0 Å². The highest BCUT2D eigenvalue weighted by Crippen LogP contribution is 2.21. The van der Waals surface area contributed by atoms with Gasteiger partial charge >= 0.3 is 0 Å². The highest BCUT2D eigenvalue weighted by Gasteiger charge is 1.99. The predicted octanol–water partition coefficient (Wildman–Crippen LogP) is 4.06. The molecule has 0 heteroatoms. The number of rotatable bonds is 3. The van der Waals surface area contributed by atoms with Crippen LogP contribution in [0.3, 0.4) is 0 Å². The first-order chi connectivity index (χ1) is 6.29. The van der Waals surface area contributed by atoms with E-state index in [-0.39, 0.29) is 0 Å². The van der Waals surface area contributed by atoms with E-state index in [0.717, 1.165) is 6.42 Å². The standard InChI is InChI=1S/C13H16/c1-4-11(3)13(5-2)12-9-7-6-8-10-12/h4,6-10H,1,5H2,2-3H3/b13-11-. The van der Waals surface area contributed by atoms with E-state index in [4.69, 9.17) is 0 Å². The molecule has 0 nitrogen and oxygen atoms in total. The third kappa shape index (κ3) is 2.32. The van der Waals surface area contributed by atoms with Gasteiger partial charge in [-0.3, -0.25) is 0 Å².